The Bertz CT molecular complexity index is 667. The SMILES string of the molecule is CC(C#N)CN(C)S(=O)(=O)c1ccc(F)c(C(=O)O)c1. The van der Waals surface area contributed by atoms with Crippen molar-refractivity contribution >= 4 is 16.0 Å². The zero-order valence-electron chi connectivity index (χ0n) is 10.9. The molecule has 0 fully saturated rings. The van der Waals surface area contributed by atoms with Crippen molar-refractivity contribution in [3.05, 3.63) is 29.6 Å². The summed E-state index contributed by atoms with van der Waals surface area (Å²) in [6, 6.07) is 4.44. The van der Waals surface area contributed by atoms with Gasteiger partial charge in [0.05, 0.1) is 22.4 Å². The average Bonchev–Trinajstić information content (AvgIpc) is 2.38. The van der Waals surface area contributed by atoms with Gasteiger partial charge in [-0.2, -0.15) is 9.57 Å². The summed E-state index contributed by atoms with van der Waals surface area (Å²) in [6.45, 7) is 1.51. The molecule has 0 heterocycles. The first-order valence-corrected chi connectivity index (χ1v) is 7.03. The van der Waals surface area contributed by atoms with Crippen molar-refractivity contribution in [2.75, 3.05) is 13.6 Å². The monoisotopic (exact) mass is 300 g/mol. The van der Waals surface area contributed by atoms with Crippen LogP contribution < -0.4 is 0 Å². The lowest BCUT2D eigenvalue weighted by Gasteiger charge is -2.18. The average molecular weight is 300 g/mol. The maximum Gasteiger partial charge on any atom is 0.338 e. The fraction of sp³-hybridized carbons (Fsp3) is 0.333. The van der Waals surface area contributed by atoms with E-state index in [4.69, 9.17) is 10.4 Å². The third kappa shape index (κ3) is 3.31. The Morgan fingerprint density at radius 3 is 2.65 bits per heavy atom. The van der Waals surface area contributed by atoms with Crippen molar-refractivity contribution in [3.8, 4) is 6.07 Å². The van der Waals surface area contributed by atoms with E-state index in [0.29, 0.717) is 0 Å². The van der Waals surface area contributed by atoms with Gasteiger partial charge in [0.15, 0.2) is 0 Å². The van der Waals surface area contributed by atoms with E-state index in [0.717, 1.165) is 22.5 Å². The van der Waals surface area contributed by atoms with Crippen molar-refractivity contribution in [2.45, 2.75) is 11.8 Å². The van der Waals surface area contributed by atoms with Gasteiger partial charge in [0.25, 0.3) is 0 Å². The molecule has 0 radical (unpaired) electrons. The number of nitriles is 1. The molecule has 1 rings (SSSR count). The van der Waals surface area contributed by atoms with Gasteiger partial charge in [0, 0.05) is 13.6 Å². The van der Waals surface area contributed by atoms with E-state index < -0.39 is 33.3 Å². The van der Waals surface area contributed by atoms with E-state index >= 15 is 0 Å². The second-order valence-electron chi connectivity index (χ2n) is 4.26. The van der Waals surface area contributed by atoms with Gasteiger partial charge in [-0.25, -0.2) is 17.6 Å². The molecule has 0 saturated carbocycles. The van der Waals surface area contributed by atoms with Gasteiger partial charge in [-0.15, -0.1) is 0 Å². The van der Waals surface area contributed by atoms with Crippen molar-refractivity contribution in [1.82, 2.24) is 4.31 Å². The van der Waals surface area contributed by atoms with Crippen molar-refractivity contribution < 1.29 is 22.7 Å². The van der Waals surface area contributed by atoms with Crippen LogP contribution in [0.15, 0.2) is 23.1 Å². The normalized spacial score (nSPS) is 12.9. The highest BCUT2D eigenvalue weighted by atomic mass is 32.2. The highest BCUT2D eigenvalue weighted by Gasteiger charge is 2.24. The first kappa shape index (κ1) is 16.1. The molecule has 0 aliphatic carbocycles. The Kier molecular flexibility index (Phi) is 4.81. The third-order valence-electron chi connectivity index (χ3n) is 2.63. The third-order valence-corrected chi connectivity index (χ3v) is 4.45. The second kappa shape index (κ2) is 5.98. The zero-order valence-corrected chi connectivity index (χ0v) is 11.7. The minimum Gasteiger partial charge on any atom is -0.478 e. The number of sulfonamides is 1. The molecule has 0 bridgehead atoms. The summed E-state index contributed by atoms with van der Waals surface area (Å²) >= 11 is 0. The quantitative estimate of drug-likeness (QED) is 0.883. The molecule has 0 saturated heterocycles. The van der Waals surface area contributed by atoms with Crippen LogP contribution in [0.25, 0.3) is 0 Å². The van der Waals surface area contributed by atoms with E-state index in [1.54, 1.807) is 6.92 Å². The Balaban J connectivity index is 3.20. The number of carbonyl (C=O) groups is 1. The molecule has 1 N–H and O–H groups in total. The van der Waals surface area contributed by atoms with Crippen LogP contribution in [0.3, 0.4) is 0 Å². The van der Waals surface area contributed by atoms with Crippen LogP contribution in [0.1, 0.15) is 17.3 Å². The number of carboxylic acids is 1. The largest absolute Gasteiger partial charge is 0.478 e. The predicted molar refractivity (Wildman–Crippen MR) is 68.0 cm³/mol. The number of aromatic carboxylic acids is 1. The minimum absolute atomic E-state index is 0.0430. The summed E-state index contributed by atoms with van der Waals surface area (Å²) in [7, 11) is -2.69. The van der Waals surface area contributed by atoms with Crippen molar-refractivity contribution in [2.24, 2.45) is 5.92 Å². The number of hydrogen-bond donors (Lipinski definition) is 1. The Morgan fingerprint density at radius 1 is 1.55 bits per heavy atom. The Labute approximate surface area is 116 Å². The Morgan fingerprint density at radius 2 is 2.15 bits per heavy atom. The zero-order chi connectivity index (χ0) is 15.5. The summed E-state index contributed by atoms with van der Waals surface area (Å²) < 4.78 is 38.5. The number of halogens is 1. The van der Waals surface area contributed by atoms with Crippen LogP contribution in [0.2, 0.25) is 0 Å². The molecule has 108 valence electrons. The lowest BCUT2D eigenvalue weighted by molar-refractivity contribution is 0.0691. The predicted octanol–water partition coefficient (Wildman–Crippen LogP) is 1.30. The second-order valence-corrected chi connectivity index (χ2v) is 6.31. The molecule has 0 spiro atoms. The summed E-state index contributed by atoms with van der Waals surface area (Å²) in [6.07, 6.45) is 0. The first-order valence-electron chi connectivity index (χ1n) is 5.59. The van der Waals surface area contributed by atoms with Gasteiger partial charge >= 0.3 is 5.97 Å². The molecular formula is C12H13FN2O4S. The molecule has 1 unspecified atom stereocenters. The molecule has 0 aliphatic heterocycles. The highest BCUT2D eigenvalue weighted by molar-refractivity contribution is 7.89. The highest BCUT2D eigenvalue weighted by Crippen LogP contribution is 2.19. The molecule has 1 aromatic carbocycles. The minimum atomic E-state index is -3.96. The molecule has 0 aliphatic rings. The van der Waals surface area contributed by atoms with Gasteiger partial charge in [-0.05, 0) is 25.1 Å². The lowest BCUT2D eigenvalue weighted by Crippen LogP contribution is -2.31. The van der Waals surface area contributed by atoms with E-state index in [9.17, 15) is 17.6 Å². The Hall–Kier alpha value is -1.98. The van der Waals surface area contributed by atoms with Crippen molar-refractivity contribution in [3.63, 3.8) is 0 Å². The number of rotatable bonds is 5. The lowest BCUT2D eigenvalue weighted by atomic mass is 10.2. The summed E-state index contributed by atoms with van der Waals surface area (Å²) in [4.78, 5) is 10.5. The van der Waals surface area contributed by atoms with Crippen LogP contribution in [0.4, 0.5) is 4.39 Å². The fourth-order valence-electron chi connectivity index (χ4n) is 1.53. The molecular weight excluding hydrogens is 287 g/mol. The van der Waals surface area contributed by atoms with E-state index in [1.807, 2.05) is 6.07 Å². The van der Waals surface area contributed by atoms with Gasteiger partial charge in [-0.3, -0.25) is 0 Å². The van der Waals surface area contributed by atoms with E-state index in [1.165, 1.54) is 7.05 Å². The van der Waals surface area contributed by atoms with Crippen LogP contribution in [-0.2, 0) is 10.0 Å². The van der Waals surface area contributed by atoms with Crippen LogP contribution in [0, 0.1) is 23.1 Å². The fourth-order valence-corrected chi connectivity index (χ4v) is 2.82. The van der Waals surface area contributed by atoms with E-state index in [-0.39, 0.29) is 11.4 Å². The molecule has 0 aromatic heterocycles. The van der Waals surface area contributed by atoms with Crippen LogP contribution in [0.5, 0.6) is 0 Å². The number of benzene rings is 1. The van der Waals surface area contributed by atoms with Gasteiger partial charge < -0.3 is 5.11 Å². The summed E-state index contributed by atoms with van der Waals surface area (Å²) in [5, 5.41) is 17.5. The molecule has 8 heteroatoms. The molecule has 0 amide bonds. The van der Waals surface area contributed by atoms with Gasteiger partial charge in [0.1, 0.15) is 5.82 Å². The smallest absolute Gasteiger partial charge is 0.338 e. The van der Waals surface area contributed by atoms with Crippen LogP contribution in [-0.4, -0.2) is 37.4 Å². The maximum atomic E-state index is 13.2. The number of hydrogen-bond acceptors (Lipinski definition) is 4. The molecule has 1 atom stereocenters. The van der Waals surface area contributed by atoms with E-state index in [2.05, 4.69) is 0 Å². The van der Waals surface area contributed by atoms with Gasteiger partial charge in [0.2, 0.25) is 10.0 Å². The summed E-state index contributed by atoms with van der Waals surface area (Å²) in [5.41, 5.74) is -0.715. The first-order chi connectivity index (χ1) is 9.20. The molecule has 1 aromatic rings. The molecule has 6 nitrogen and oxygen atoms in total. The standard InChI is InChI=1S/C12H13FN2O4S/c1-8(6-14)7-15(2)20(18,19)9-3-4-11(13)10(5-9)12(16)17/h3-5,8H,7H2,1-2H3,(H,16,17). The maximum absolute atomic E-state index is 13.2. The summed E-state index contributed by atoms with van der Waals surface area (Å²) in [5.74, 6) is -3.08. The van der Waals surface area contributed by atoms with Crippen molar-refractivity contribution in [1.29, 1.82) is 5.26 Å². The number of nitrogens with zero attached hydrogens (tertiary/aromatic N) is 2. The topological polar surface area (TPSA) is 98.5 Å². The number of carboxylic acid groups (broad SMARTS) is 1. The van der Waals surface area contributed by atoms with Crippen LogP contribution >= 0.6 is 0 Å². The molecule has 20 heavy (non-hydrogen) atoms. The van der Waals surface area contributed by atoms with Gasteiger partial charge in [-0.1, -0.05) is 0 Å².